The van der Waals surface area contributed by atoms with Crippen LogP contribution in [0.25, 0.3) is 0 Å². The van der Waals surface area contributed by atoms with Crippen molar-refractivity contribution in [1.82, 2.24) is 4.90 Å². The second kappa shape index (κ2) is 5.37. The maximum atomic E-state index is 11.0. The molecule has 1 heterocycles. The average Bonchev–Trinajstić information content (AvgIpc) is 2.80. The van der Waals surface area contributed by atoms with Gasteiger partial charge in [0.25, 0.3) is 0 Å². The molecule has 98 valence electrons. The van der Waals surface area contributed by atoms with Gasteiger partial charge >= 0.3 is 5.97 Å². The Morgan fingerprint density at radius 2 is 2.33 bits per heavy atom. The molecule has 0 radical (unpaired) electrons. The van der Waals surface area contributed by atoms with Crippen LogP contribution >= 0.6 is 0 Å². The number of hydrogen-bond acceptors (Lipinski definition) is 4. The van der Waals surface area contributed by atoms with Gasteiger partial charge in [-0.05, 0) is 30.7 Å². The van der Waals surface area contributed by atoms with Gasteiger partial charge in [-0.3, -0.25) is 9.69 Å². The first-order chi connectivity index (χ1) is 8.61. The van der Waals surface area contributed by atoms with Crippen LogP contribution in [-0.2, 0) is 4.79 Å². The predicted molar refractivity (Wildman–Crippen MR) is 70.0 cm³/mol. The van der Waals surface area contributed by atoms with E-state index in [1.807, 2.05) is 24.3 Å². The van der Waals surface area contributed by atoms with Crippen LogP contribution in [0.5, 0.6) is 0 Å². The number of carboxylic acids is 1. The molecule has 0 unspecified atom stereocenters. The van der Waals surface area contributed by atoms with Gasteiger partial charge in [0, 0.05) is 24.8 Å². The molecule has 2 rings (SSSR count). The van der Waals surface area contributed by atoms with Crippen molar-refractivity contribution in [1.29, 1.82) is 0 Å². The van der Waals surface area contributed by atoms with Crippen molar-refractivity contribution >= 4 is 11.7 Å². The maximum Gasteiger partial charge on any atom is 0.307 e. The first-order valence-electron chi connectivity index (χ1n) is 6.14. The number of nitrogens with two attached hydrogens (primary N) is 2. The molecule has 0 aliphatic carbocycles. The predicted octanol–water partition coefficient (Wildman–Crippen LogP) is 0.675. The molecule has 1 aliphatic rings. The van der Waals surface area contributed by atoms with Crippen LogP contribution < -0.4 is 11.5 Å². The van der Waals surface area contributed by atoms with Crippen molar-refractivity contribution in [2.45, 2.75) is 12.5 Å². The summed E-state index contributed by atoms with van der Waals surface area (Å²) in [4.78, 5) is 13.1. The van der Waals surface area contributed by atoms with Gasteiger partial charge in [0.05, 0.1) is 5.92 Å². The van der Waals surface area contributed by atoms with Crippen molar-refractivity contribution in [2.24, 2.45) is 11.7 Å². The van der Waals surface area contributed by atoms with Crippen LogP contribution in [0.15, 0.2) is 24.3 Å². The van der Waals surface area contributed by atoms with E-state index in [0.717, 1.165) is 12.1 Å². The number of aliphatic carboxylic acids is 1. The molecule has 1 aliphatic heterocycles. The summed E-state index contributed by atoms with van der Waals surface area (Å²) >= 11 is 0. The van der Waals surface area contributed by atoms with Gasteiger partial charge in [0.1, 0.15) is 0 Å². The van der Waals surface area contributed by atoms with E-state index in [2.05, 4.69) is 4.90 Å². The van der Waals surface area contributed by atoms with E-state index in [-0.39, 0.29) is 12.0 Å². The molecular weight excluding hydrogens is 230 g/mol. The molecule has 0 bridgehead atoms. The van der Waals surface area contributed by atoms with E-state index < -0.39 is 5.97 Å². The van der Waals surface area contributed by atoms with Gasteiger partial charge in [-0.15, -0.1) is 0 Å². The Hall–Kier alpha value is -1.59. The van der Waals surface area contributed by atoms with Gasteiger partial charge in [-0.2, -0.15) is 0 Å². The fourth-order valence-corrected chi connectivity index (χ4v) is 2.53. The number of carbonyl (C=O) groups is 1. The molecule has 0 amide bonds. The third-order valence-electron chi connectivity index (χ3n) is 3.53. The number of likely N-dealkylation sites (tertiary alicyclic amines) is 1. The molecule has 0 spiro atoms. The lowest BCUT2D eigenvalue weighted by atomic mass is 10.0. The van der Waals surface area contributed by atoms with Gasteiger partial charge in [0.2, 0.25) is 0 Å². The fourth-order valence-electron chi connectivity index (χ4n) is 2.53. The fraction of sp³-hybridized carbons (Fsp3) is 0.462. The summed E-state index contributed by atoms with van der Waals surface area (Å²) < 4.78 is 0. The van der Waals surface area contributed by atoms with Crippen LogP contribution in [0, 0.1) is 5.92 Å². The molecule has 5 N–H and O–H groups in total. The zero-order chi connectivity index (χ0) is 13.1. The lowest BCUT2D eigenvalue weighted by Gasteiger charge is -2.27. The summed E-state index contributed by atoms with van der Waals surface area (Å²) in [7, 11) is 0. The lowest BCUT2D eigenvalue weighted by Crippen LogP contribution is -2.32. The number of carboxylic acid groups (broad SMARTS) is 1. The summed E-state index contributed by atoms with van der Waals surface area (Å²) in [5.74, 6) is -0.999. The van der Waals surface area contributed by atoms with Gasteiger partial charge < -0.3 is 16.6 Å². The third-order valence-corrected chi connectivity index (χ3v) is 3.53. The lowest BCUT2D eigenvalue weighted by molar-refractivity contribution is -0.141. The average molecular weight is 249 g/mol. The van der Waals surface area contributed by atoms with Crippen LogP contribution in [0.4, 0.5) is 5.69 Å². The second-order valence-electron chi connectivity index (χ2n) is 4.74. The van der Waals surface area contributed by atoms with Crippen molar-refractivity contribution in [3.63, 3.8) is 0 Å². The quantitative estimate of drug-likeness (QED) is 0.682. The molecule has 5 heteroatoms. The molecule has 0 saturated carbocycles. The molecule has 1 saturated heterocycles. The molecule has 1 aromatic rings. The summed E-state index contributed by atoms with van der Waals surface area (Å²) in [6.45, 7) is 1.80. The Bertz CT molecular complexity index is 436. The molecule has 1 fully saturated rings. The highest BCUT2D eigenvalue weighted by Gasteiger charge is 2.32. The summed E-state index contributed by atoms with van der Waals surface area (Å²) in [6, 6.07) is 7.69. The largest absolute Gasteiger partial charge is 0.481 e. The Morgan fingerprint density at radius 1 is 1.56 bits per heavy atom. The van der Waals surface area contributed by atoms with Crippen molar-refractivity contribution in [3.8, 4) is 0 Å². The zero-order valence-corrected chi connectivity index (χ0v) is 10.2. The van der Waals surface area contributed by atoms with Gasteiger partial charge in [-0.1, -0.05) is 12.1 Å². The Balaban J connectivity index is 2.13. The van der Waals surface area contributed by atoms with E-state index in [0.29, 0.717) is 25.2 Å². The Kier molecular flexibility index (Phi) is 3.84. The van der Waals surface area contributed by atoms with E-state index in [4.69, 9.17) is 16.6 Å². The monoisotopic (exact) mass is 249 g/mol. The van der Waals surface area contributed by atoms with E-state index in [1.54, 1.807) is 0 Å². The van der Waals surface area contributed by atoms with Crippen LogP contribution in [0.1, 0.15) is 18.0 Å². The normalized spacial score (nSPS) is 21.9. The SMILES string of the molecule is NC[C@@H](c1cccc(N)c1)N1CC[C@H](C(=O)O)C1. The topological polar surface area (TPSA) is 92.6 Å². The number of nitrogen functional groups attached to an aromatic ring is 1. The van der Waals surface area contributed by atoms with E-state index in [1.165, 1.54) is 0 Å². The van der Waals surface area contributed by atoms with Crippen LogP contribution in [0.3, 0.4) is 0 Å². The minimum Gasteiger partial charge on any atom is -0.481 e. The van der Waals surface area contributed by atoms with Crippen LogP contribution in [-0.4, -0.2) is 35.6 Å². The number of rotatable bonds is 4. The van der Waals surface area contributed by atoms with Crippen molar-refractivity contribution in [3.05, 3.63) is 29.8 Å². The first-order valence-corrected chi connectivity index (χ1v) is 6.14. The number of hydrogen-bond donors (Lipinski definition) is 3. The van der Waals surface area contributed by atoms with E-state index >= 15 is 0 Å². The molecule has 18 heavy (non-hydrogen) atoms. The third kappa shape index (κ3) is 2.63. The molecule has 0 aromatic heterocycles. The minimum absolute atomic E-state index is 0.0536. The van der Waals surface area contributed by atoms with Gasteiger partial charge in [0.15, 0.2) is 0 Å². The number of anilines is 1. The Labute approximate surface area is 106 Å². The smallest absolute Gasteiger partial charge is 0.307 e. The molecule has 5 nitrogen and oxygen atoms in total. The molecular formula is C13H19N3O2. The van der Waals surface area contributed by atoms with Crippen LogP contribution in [0.2, 0.25) is 0 Å². The molecule has 1 aromatic carbocycles. The highest BCUT2D eigenvalue weighted by molar-refractivity contribution is 5.70. The highest BCUT2D eigenvalue weighted by atomic mass is 16.4. The van der Waals surface area contributed by atoms with Crippen molar-refractivity contribution in [2.75, 3.05) is 25.4 Å². The first kappa shape index (κ1) is 12.9. The minimum atomic E-state index is -0.721. The maximum absolute atomic E-state index is 11.0. The number of nitrogens with zero attached hydrogens (tertiary/aromatic N) is 1. The standard InChI is InChI=1S/C13H19N3O2/c14-7-12(9-2-1-3-11(15)6-9)16-5-4-10(8-16)13(17)18/h1-3,6,10,12H,4-5,7-8,14-15H2,(H,17,18)/t10-,12-/m0/s1. The molecule has 2 atom stereocenters. The highest BCUT2D eigenvalue weighted by Crippen LogP contribution is 2.28. The zero-order valence-electron chi connectivity index (χ0n) is 10.2. The summed E-state index contributed by atoms with van der Waals surface area (Å²) in [6.07, 6.45) is 0.689. The Morgan fingerprint density at radius 3 is 2.89 bits per heavy atom. The second-order valence-corrected chi connectivity index (χ2v) is 4.74. The van der Waals surface area contributed by atoms with Crippen molar-refractivity contribution < 1.29 is 9.90 Å². The summed E-state index contributed by atoms with van der Waals surface area (Å²) in [5.41, 5.74) is 13.4. The summed E-state index contributed by atoms with van der Waals surface area (Å²) in [5, 5.41) is 9.02. The number of benzene rings is 1. The van der Waals surface area contributed by atoms with E-state index in [9.17, 15) is 4.79 Å². The van der Waals surface area contributed by atoms with Gasteiger partial charge in [-0.25, -0.2) is 0 Å².